The van der Waals surface area contributed by atoms with Gasteiger partial charge in [-0.05, 0) is 19.4 Å². The Balaban J connectivity index is 4.00. The third kappa shape index (κ3) is 4.81. The summed E-state index contributed by atoms with van der Waals surface area (Å²) in [6, 6.07) is 0. The largest absolute Gasteiger partial charge is 0.366 e. The van der Waals surface area contributed by atoms with E-state index >= 15 is 0 Å². The SMILES string of the molecule is C/C=C\C(C)=C/C(N)=O. The van der Waals surface area contributed by atoms with Crippen molar-refractivity contribution in [3.05, 3.63) is 23.8 Å². The van der Waals surface area contributed by atoms with Crippen LogP contribution in [0.15, 0.2) is 23.8 Å². The predicted octanol–water partition coefficient (Wildman–Crippen LogP) is 0.994. The Morgan fingerprint density at radius 2 is 2.11 bits per heavy atom. The van der Waals surface area contributed by atoms with E-state index in [2.05, 4.69) is 0 Å². The lowest BCUT2D eigenvalue weighted by atomic mass is 10.2. The van der Waals surface area contributed by atoms with Crippen molar-refractivity contribution < 1.29 is 4.79 Å². The van der Waals surface area contributed by atoms with E-state index in [1.807, 2.05) is 26.0 Å². The monoisotopic (exact) mass is 125 g/mol. The van der Waals surface area contributed by atoms with E-state index in [9.17, 15) is 4.79 Å². The zero-order valence-electron chi connectivity index (χ0n) is 5.72. The summed E-state index contributed by atoms with van der Waals surface area (Å²) >= 11 is 0. The normalized spacial score (nSPS) is 12.4. The molecule has 0 aliphatic rings. The quantitative estimate of drug-likeness (QED) is 0.434. The molecule has 0 aliphatic heterocycles. The van der Waals surface area contributed by atoms with Crippen LogP contribution in [0.25, 0.3) is 0 Å². The molecule has 0 aromatic rings. The molecular weight excluding hydrogens is 114 g/mol. The van der Waals surface area contributed by atoms with Gasteiger partial charge in [0.25, 0.3) is 0 Å². The molecule has 0 rings (SSSR count). The standard InChI is InChI=1S/C7H11NO/c1-3-4-6(2)5-7(8)9/h3-5H,1-2H3,(H2,8,9)/b4-3-,6-5-. The minimum Gasteiger partial charge on any atom is -0.366 e. The van der Waals surface area contributed by atoms with Gasteiger partial charge < -0.3 is 5.73 Å². The second kappa shape index (κ2) is 3.89. The Kier molecular flexibility index (Phi) is 3.44. The molecule has 0 unspecified atom stereocenters. The van der Waals surface area contributed by atoms with Gasteiger partial charge in [0.1, 0.15) is 0 Å². The molecule has 1 amide bonds. The molecule has 9 heavy (non-hydrogen) atoms. The number of amides is 1. The van der Waals surface area contributed by atoms with Crippen LogP contribution in [0.5, 0.6) is 0 Å². The van der Waals surface area contributed by atoms with Gasteiger partial charge in [-0.3, -0.25) is 4.79 Å². The number of rotatable bonds is 2. The minimum absolute atomic E-state index is 0.398. The van der Waals surface area contributed by atoms with Crippen LogP contribution in [0.3, 0.4) is 0 Å². The average Bonchev–Trinajstić information content (AvgIpc) is 1.63. The van der Waals surface area contributed by atoms with Gasteiger partial charge >= 0.3 is 0 Å². The van der Waals surface area contributed by atoms with Gasteiger partial charge in [-0.25, -0.2) is 0 Å². The van der Waals surface area contributed by atoms with Gasteiger partial charge in [-0.2, -0.15) is 0 Å². The maximum Gasteiger partial charge on any atom is 0.241 e. The summed E-state index contributed by atoms with van der Waals surface area (Å²) < 4.78 is 0. The molecule has 0 saturated carbocycles. The van der Waals surface area contributed by atoms with Gasteiger partial charge in [-0.1, -0.05) is 12.2 Å². The fraction of sp³-hybridized carbons (Fsp3) is 0.286. The highest BCUT2D eigenvalue weighted by molar-refractivity contribution is 5.86. The Bertz CT molecular complexity index is 156. The third-order valence-electron chi connectivity index (χ3n) is 0.799. The third-order valence-corrected chi connectivity index (χ3v) is 0.799. The Morgan fingerprint density at radius 3 is 2.44 bits per heavy atom. The van der Waals surface area contributed by atoms with Crippen molar-refractivity contribution in [2.24, 2.45) is 5.73 Å². The Labute approximate surface area is 55.1 Å². The van der Waals surface area contributed by atoms with E-state index in [1.54, 1.807) is 0 Å². The topological polar surface area (TPSA) is 43.1 Å². The lowest BCUT2D eigenvalue weighted by Gasteiger charge is -1.85. The number of primary amides is 1. The molecule has 2 nitrogen and oxygen atoms in total. The molecule has 0 aromatic carbocycles. The average molecular weight is 125 g/mol. The zero-order chi connectivity index (χ0) is 7.28. The highest BCUT2D eigenvalue weighted by atomic mass is 16.1. The zero-order valence-corrected chi connectivity index (χ0v) is 5.72. The van der Waals surface area contributed by atoms with Crippen molar-refractivity contribution in [1.82, 2.24) is 0 Å². The molecule has 0 saturated heterocycles. The highest BCUT2D eigenvalue weighted by Gasteiger charge is 1.84. The summed E-state index contributed by atoms with van der Waals surface area (Å²) in [6.07, 6.45) is 5.07. The number of carbonyl (C=O) groups is 1. The van der Waals surface area contributed by atoms with Crippen LogP contribution >= 0.6 is 0 Å². The van der Waals surface area contributed by atoms with E-state index in [0.717, 1.165) is 5.57 Å². The van der Waals surface area contributed by atoms with Crippen molar-refractivity contribution in [2.45, 2.75) is 13.8 Å². The first kappa shape index (κ1) is 7.95. The van der Waals surface area contributed by atoms with Gasteiger partial charge in [0, 0.05) is 6.08 Å². The molecule has 0 atom stereocenters. The molecule has 0 fully saturated rings. The maximum atomic E-state index is 10.2. The van der Waals surface area contributed by atoms with Gasteiger partial charge in [-0.15, -0.1) is 0 Å². The van der Waals surface area contributed by atoms with E-state index in [0.29, 0.717) is 0 Å². The lowest BCUT2D eigenvalue weighted by Crippen LogP contribution is -2.06. The van der Waals surface area contributed by atoms with Gasteiger partial charge in [0.2, 0.25) is 5.91 Å². The molecule has 0 aliphatic carbocycles. The summed E-state index contributed by atoms with van der Waals surface area (Å²) in [5, 5.41) is 0. The number of hydrogen-bond donors (Lipinski definition) is 1. The molecular formula is C7H11NO. The predicted molar refractivity (Wildman–Crippen MR) is 37.8 cm³/mol. The van der Waals surface area contributed by atoms with Crippen LogP contribution in [0.4, 0.5) is 0 Å². The summed E-state index contributed by atoms with van der Waals surface area (Å²) in [6.45, 7) is 3.71. The van der Waals surface area contributed by atoms with Crippen molar-refractivity contribution in [3.63, 3.8) is 0 Å². The van der Waals surface area contributed by atoms with Gasteiger partial charge in [0.05, 0.1) is 0 Å². The molecule has 0 heterocycles. The van der Waals surface area contributed by atoms with Crippen LogP contribution < -0.4 is 5.73 Å². The van der Waals surface area contributed by atoms with Gasteiger partial charge in [0.15, 0.2) is 0 Å². The van der Waals surface area contributed by atoms with E-state index in [1.165, 1.54) is 6.08 Å². The Morgan fingerprint density at radius 1 is 1.56 bits per heavy atom. The maximum absolute atomic E-state index is 10.2. The molecule has 0 radical (unpaired) electrons. The molecule has 2 heteroatoms. The van der Waals surface area contributed by atoms with Crippen molar-refractivity contribution in [1.29, 1.82) is 0 Å². The summed E-state index contributed by atoms with van der Waals surface area (Å²) in [5.74, 6) is -0.398. The summed E-state index contributed by atoms with van der Waals surface area (Å²) in [7, 11) is 0. The number of allylic oxidation sites excluding steroid dienone is 3. The fourth-order valence-electron chi connectivity index (χ4n) is 0.535. The van der Waals surface area contributed by atoms with E-state index in [-0.39, 0.29) is 0 Å². The molecule has 2 N–H and O–H groups in total. The van der Waals surface area contributed by atoms with E-state index in [4.69, 9.17) is 5.73 Å². The lowest BCUT2D eigenvalue weighted by molar-refractivity contribution is -0.113. The van der Waals surface area contributed by atoms with Crippen LogP contribution in [0.2, 0.25) is 0 Å². The summed E-state index contributed by atoms with van der Waals surface area (Å²) in [4.78, 5) is 10.2. The highest BCUT2D eigenvalue weighted by Crippen LogP contribution is 1.91. The summed E-state index contributed by atoms with van der Waals surface area (Å²) in [5.41, 5.74) is 5.75. The fourth-order valence-corrected chi connectivity index (χ4v) is 0.535. The number of carbonyl (C=O) groups excluding carboxylic acids is 1. The molecule has 0 bridgehead atoms. The number of nitrogens with two attached hydrogens (primary N) is 1. The first-order valence-corrected chi connectivity index (χ1v) is 2.77. The van der Waals surface area contributed by atoms with Crippen LogP contribution in [-0.4, -0.2) is 5.91 Å². The first-order valence-electron chi connectivity index (χ1n) is 2.77. The smallest absolute Gasteiger partial charge is 0.241 e. The van der Waals surface area contributed by atoms with Crippen molar-refractivity contribution >= 4 is 5.91 Å². The van der Waals surface area contributed by atoms with Crippen LogP contribution in [0, 0.1) is 0 Å². The second-order valence-electron chi connectivity index (χ2n) is 1.79. The second-order valence-corrected chi connectivity index (χ2v) is 1.79. The van der Waals surface area contributed by atoms with E-state index < -0.39 is 5.91 Å². The Hall–Kier alpha value is -1.05. The number of hydrogen-bond acceptors (Lipinski definition) is 1. The first-order chi connectivity index (χ1) is 4.16. The van der Waals surface area contributed by atoms with Crippen molar-refractivity contribution in [2.75, 3.05) is 0 Å². The van der Waals surface area contributed by atoms with Crippen LogP contribution in [-0.2, 0) is 4.79 Å². The van der Waals surface area contributed by atoms with Crippen LogP contribution in [0.1, 0.15) is 13.8 Å². The minimum atomic E-state index is -0.398. The molecule has 0 aromatic heterocycles. The molecule has 50 valence electrons. The molecule has 0 spiro atoms. The van der Waals surface area contributed by atoms with Crippen molar-refractivity contribution in [3.8, 4) is 0 Å².